The molecule has 0 saturated heterocycles. The maximum Gasteiger partial charge on any atom is 0.211 e. The number of sulfonamides is 1. The molecule has 102 valence electrons. The van der Waals surface area contributed by atoms with Crippen LogP contribution in [0.1, 0.15) is 45.4 Å². The molecule has 1 aliphatic rings. The second-order valence-electron chi connectivity index (χ2n) is 5.02. The number of hydrogen-bond donors (Lipinski definition) is 2. The van der Waals surface area contributed by atoms with Gasteiger partial charge in [-0.1, -0.05) is 19.3 Å². The van der Waals surface area contributed by atoms with Crippen LogP contribution in [-0.4, -0.2) is 33.8 Å². The van der Waals surface area contributed by atoms with Gasteiger partial charge in [-0.05, 0) is 45.7 Å². The van der Waals surface area contributed by atoms with E-state index >= 15 is 0 Å². The fourth-order valence-electron chi connectivity index (χ4n) is 2.49. The summed E-state index contributed by atoms with van der Waals surface area (Å²) in [6.45, 7) is 3.02. The highest BCUT2D eigenvalue weighted by Gasteiger charge is 2.19. The zero-order valence-electron chi connectivity index (χ0n) is 11.0. The standard InChI is InChI=1S/C12H26N2O2S/c1-11(12-7-4-3-5-8-12)14-9-6-10-17(15,16)13-2/h11-14H,3-10H2,1-2H3. The van der Waals surface area contributed by atoms with Gasteiger partial charge in [-0.15, -0.1) is 0 Å². The molecule has 0 aromatic heterocycles. The summed E-state index contributed by atoms with van der Waals surface area (Å²) >= 11 is 0. The van der Waals surface area contributed by atoms with Crippen molar-refractivity contribution in [1.82, 2.24) is 10.0 Å². The smallest absolute Gasteiger partial charge is 0.211 e. The number of rotatable bonds is 7. The van der Waals surface area contributed by atoms with Crippen molar-refractivity contribution in [1.29, 1.82) is 0 Å². The molecule has 0 aliphatic heterocycles. The van der Waals surface area contributed by atoms with E-state index in [1.807, 2.05) is 0 Å². The van der Waals surface area contributed by atoms with Crippen LogP contribution >= 0.6 is 0 Å². The van der Waals surface area contributed by atoms with Gasteiger partial charge in [0.1, 0.15) is 0 Å². The predicted molar refractivity (Wildman–Crippen MR) is 71.5 cm³/mol. The minimum atomic E-state index is -3.03. The minimum Gasteiger partial charge on any atom is -0.314 e. The van der Waals surface area contributed by atoms with Crippen molar-refractivity contribution < 1.29 is 8.42 Å². The van der Waals surface area contributed by atoms with Crippen molar-refractivity contribution in [2.45, 2.75) is 51.5 Å². The van der Waals surface area contributed by atoms with Crippen molar-refractivity contribution in [3.05, 3.63) is 0 Å². The fraction of sp³-hybridized carbons (Fsp3) is 1.00. The molecule has 1 unspecified atom stereocenters. The van der Waals surface area contributed by atoms with Gasteiger partial charge in [0.25, 0.3) is 0 Å². The van der Waals surface area contributed by atoms with E-state index in [0.29, 0.717) is 12.5 Å². The fourth-order valence-corrected chi connectivity index (χ4v) is 3.22. The Morgan fingerprint density at radius 1 is 1.24 bits per heavy atom. The Bertz CT molecular complexity index is 298. The highest BCUT2D eigenvalue weighted by Crippen LogP contribution is 2.26. The third-order valence-electron chi connectivity index (χ3n) is 3.72. The van der Waals surface area contributed by atoms with Crippen LogP contribution in [0.2, 0.25) is 0 Å². The van der Waals surface area contributed by atoms with Gasteiger partial charge in [0, 0.05) is 6.04 Å². The van der Waals surface area contributed by atoms with Gasteiger partial charge < -0.3 is 5.32 Å². The zero-order chi connectivity index (χ0) is 12.7. The molecule has 1 fully saturated rings. The monoisotopic (exact) mass is 262 g/mol. The van der Waals surface area contributed by atoms with Gasteiger partial charge >= 0.3 is 0 Å². The molecule has 1 atom stereocenters. The third-order valence-corrected chi connectivity index (χ3v) is 5.17. The second kappa shape index (κ2) is 7.34. The largest absolute Gasteiger partial charge is 0.314 e. The van der Waals surface area contributed by atoms with E-state index in [-0.39, 0.29) is 5.75 Å². The lowest BCUT2D eigenvalue weighted by atomic mass is 9.84. The summed E-state index contributed by atoms with van der Waals surface area (Å²) in [7, 11) is -1.57. The lowest BCUT2D eigenvalue weighted by Crippen LogP contribution is -2.36. The Balaban J connectivity index is 2.13. The molecule has 1 rings (SSSR count). The van der Waals surface area contributed by atoms with Crippen molar-refractivity contribution in [3.63, 3.8) is 0 Å². The topological polar surface area (TPSA) is 58.2 Å². The third kappa shape index (κ3) is 5.84. The molecule has 0 radical (unpaired) electrons. The predicted octanol–water partition coefficient (Wildman–Crippen LogP) is 1.48. The summed E-state index contributed by atoms with van der Waals surface area (Å²) in [5.41, 5.74) is 0. The van der Waals surface area contributed by atoms with Crippen molar-refractivity contribution in [2.24, 2.45) is 5.92 Å². The molecule has 17 heavy (non-hydrogen) atoms. The first-order valence-electron chi connectivity index (χ1n) is 6.70. The molecule has 0 amide bonds. The number of nitrogens with one attached hydrogen (secondary N) is 2. The maximum absolute atomic E-state index is 11.2. The van der Waals surface area contributed by atoms with E-state index < -0.39 is 10.0 Å². The Morgan fingerprint density at radius 3 is 2.47 bits per heavy atom. The average Bonchev–Trinajstić information content (AvgIpc) is 2.35. The average molecular weight is 262 g/mol. The summed E-state index contributed by atoms with van der Waals surface area (Å²) in [4.78, 5) is 0. The molecule has 4 nitrogen and oxygen atoms in total. The van der Waals surface area contributed by atoms with E-state index in [4.69, 9.17) is 0 Å². The summed E-state index contributed by atoms with van der Waals surface area (Å²) < 4.78 is 24.8. The first kappa shape index (κ1) is 14.9. The van der Waals surface area contributed by atoms with E-state index in [1.54, 1.807) is 0 Å². The van der Waals surface area contributed by atoms with E-state index in [1.165, 1.54) is 39.2 Å². The van der Waals surface area contributed by atoms with E-state index in [0.717, 1.165) is 12.5 Å². The highest BCUT2D eigenvalue weighted by molar-refractivity contribution is 7.89. The van der Waals surface area contributed by atoms with Gasteiger partial charge in [-0.25, -0.2) is 13.1 Å². The summed E-state index contributed by atoms with van der Waals surface area (Å²) in [6.07, 6.45) is 7.41. The van der Waals surface area contributed by atoms with Crippen LogP contribution in [0, 0.1) is 5.92 Å². The lowest BCUT2D eigenvalue weighted by Gasteiger charge is -2.28. The maximum atomic E-state index is 11.2. The van der Waals surface area contributed by atoms with Gasteiger partial charge in [0.15, 0.2) is 0 Å². The van der Waals surface area contributed by atoms with E-state index in [9.17, 15) is 8.42 Å². The van der Waals surface area contributed by atoms with Crippen LogP contribution in [0.15, 0.2) is 0 Å². The molecule has 1 saturated carbocycles. The second-order valence-corrected chi connectivity index (χ2v) is 7.06. The molecular weight excluding hydrogens is 236 g/mol. The normalized spacial score (nSPS) is 20.4. The van der Waals surface area contributed by atoms with Gasteiger partial charge in [-0.2, -0.15) is 0 Å². The summed E-state index contributed by atoms with van der Waals surface area (Å²) in [6, 6.07) is 0.521. The van der Waals surface area contributed by atoms with Gasteiger partial charge in [-0.3, -0.25) is 0 Å². The Hall–Kier alpha value is -0.130. The Labute approximate surface area is 106 Å². The van der Waals surface area contributed by atoms with Crippen LogP contribution in [0.4, 0.5) is 0 Å². The number of hydrogen-bond acceptors (Lipinski definition) is 3. The lowest BCUT2D eigenvalue weighted by molar-refractivity contribution is 0.282. The Kier molecular flexibility index (Phi) is 6.44. The molecular formula is C12H26N2O2S. The zero-order valence-corrected chi connectivity index (χ0v) is 11.9. The quantitative estimate of drug-likeness (QED) is 0.683. The van der Waals surface area contributed by atoms with Crippen LogP contribution in [0.25, 0.3) is 0 Å². The highest BCUT2D eigenvalue weighted by atomic mass is 32.2. The van der Waals surface area contributed by atoms with Crippen molar-refractivity contribution in [2.75, 3.05) is 19.3 Å². The molecule has 0 aromatic carbocycles. The van der Waals surface area contributed by atoms with E-state index in [2.05, 4.69) is 17.0 Å². The van der Waals surface area contributed by atoms with Crippen molar-refractivity contribution >= 4 is 10.0 Å². The van der Waals surface area contributed by atoms with Gasteiger partial charge in [0.05, 0.1) is 5.75 Å². The molecule has 5 heteroatoms. The summed E-state index contributed by atoms with van der Waals surface area (Å²) in [5, 5.41) is 3.46. The minimum absolute atomic E-state index is 0.216. The van der Waals surface area contributed by atoms with Crippen LogP contribution in [0.3, 0.4) is 0 Å². The SMILES string of the molecule is CNS(=O)(=O)CCCNC(C)C1CCCCC1. The molecule has 0 spiro atoms. The molecule has 0 aromatic rings. The molecule has 1 aliphatic carbocycles. The summed E-state index contributed by atoms with van der Waals surface area (Å²) in [5.74, 6) is 0.998. The van der Waals surface area contributed by atoms with Crippen LogP contribution in [0.5, 0.6) is 0 Å². The van der Waals surface area contributed by atoms with Crippen LogP contribution < -0.4 is 10.0 Å². The first-order valence-corrected chi connectivity index (χ1v) is 8.35. The van der Waals surface area contributed by atoms with Gasteiger partial charge in [0.2, 0.25) is 10.0 Å². The van der Waals surface area contributed by atoms with Crippen LogP contribution in [-0.2, 0) is 10.0 Å². The molecule has 2 N–H and O–H groups in total. The first-order chi connectivity index (χ1) is 8.05. The van der Waals surface area contributed by atoms with Crippen molar-refractivity contribution in [3.8, 4) is 0 Å². The molecule has 0 heterocycles. The molecule has 0 bridgehead atoms. The Morgan fingerprint density at radius 2 is 1.88 bits per heavy atom.